The van der Waals surface area contributed by atoms with E-state index in [1.54, 1.807) is 13.0 Å². The predicted octanol–water partition coefficient (Wildman–Crippen LogP) is 5.94. The highest BCUT2D eigenvalue weighted by atomic mass is 32.2. The maximum atomic E-state index is 13.9. The highest BCUT2D eigenvalue weighted by Gasteiger charge is 2.31. The number of nitrogens with one attached hydrogen (secondary N) is 2. The summed E-state index contributed by atoms with van der Waals surface area (Å²) in [6, 6.07) is 7.25. The van der Waals surface area contributed by atoms with E-state index in [0.29, 0.717) is 22.5 Å². The predicted molar refractivity (Wildman–Crippen MR) is 141 cm³/mol. The lowest BCUT2D eigenvalue weighted by Gasteiger charge is -2.13. The van der Waals surface area contributed by atoms with Crippen LogP contribution in [0.15, 0.2) is 47.6 Å². The van der Waals surface area contributed by atoms with E-state index in [1.165, 1.54) is 19.4 Å². The number of aromatic nitrogens is 2. The molecular formula is C26H23F3N4O4S2. The summed E-state index contributed by atoms with van der Waals surface area (Å²) in [5, 5.41) is 13.1. The molecule has 0 amide bonds. The fourth-order valence-electron chi connectivity index (χ4n) is 4.07. The zero-order chi connectivity index (χ0) is 27.9. The van der Waals surface area contributed by atoms with Gasteiger partial charge in [-0.1, -0.05) is 0 Å². The van der Waals surface area contributed by atoms with E-state index < -0.39 is 27.5 Å². The van der Waals surface area contributed by atoms with Crippen molar-refractivity contribution in [1.82, 2.24) is 9.97 Å². The minimum absolute atomic E-state index is 0.00614. The summed E-state index contributed by atoms with van der Waals surface area (Å²) >= 11 is 1.15. The van der Waals surface area contributed by atoms with Crippen LogP contribution in [0.25, 0.3) is 11.3 Å². The number of hydrogen-bond acceptors (Lipinski definition) is 8. The molecule has 0 saturated heterocycles. The molecule has 0 unspecified atom stereocenters. The average molecular weight is 577 g/mol. The summed E-state index contributed by atoms with van der Waals surface area (Å²) in [6.45, 7) is 1.60. The molecular weight excluding hydrogens is 553 g/mol. The molecule has 3 N–H and O–H groups in total. The van der Waals surface area contributed by atoms with Crippen molar-refractivity contribution in [1.29, 1.82) is 0 Å². The summed E-state index contributed by atoms with van der Waals surface area (Å²) in [5.41, 5.74) is 1.80. The van der Waals surface area contributed by atoms with Gasteiger partial charge in [-0.2, -0.15) is 8.42 Å². The van der Waals surface area contributed by atoms with Crippen LogP contribution in [0.1, 0.15) is 34.8 Å². The van der Waals surface area contributed by atoms with E-state index >= 15 is 0 Å². The summed E-state index contributed by atoms with van der Waals surface area (Å²) in [4.78, 5) is 9.30. The van der Waals surface area contributed by atoms with Crippen molar-refractivity contribution in [2.24, 2.45) is 0 Å². The van der Waals surface area contributed by atoms with E-state index in [2.05, 4.69) is 20.0 Å². The molecule has 0 atom stereocenters. The van der Waals surface area contributed by atoms with Crippen molar-refractivity contribution in [3.8, 4) is 22.8 Å². The number of nitrogens with zero attached hydrogens (tertiary/aromatic N) is 2. The number of phenols is 1. The van der Waals surface area contributed by atoms with Gasteiger partial charge in [-0.15, -0.1) is 11.3 Å². The Morgan fingerprint density at radius 2 is 1.90 bits per heavy atom. The van der Waals surface area contributed by atoms with E-state index in [0.717, 1.165) is 53.3 Å². The number of ether oxygens (including phenoxy) is 1. The second-order valence-corrected chi connectivity index (χ2v) is 11.7. The van der Waals surface area contributed by atoms with Crippen LogP contribution in [-0.4, -0.2) is 30.6 Å². The van der Waals surface area contributed by atoms with Gasteiger partial charge in [0.05, 0.1) is 24.7 Å². The molecule has 1 aliphatic rings. The van der Waals surface area contributed by atoms with Gasteiger partial charge in [-0.3, -0.25) is 4.72 Å². The van der Waals surface area contributed by atoms with Gasteiger partial charge in [-0.05, 0) is 61.6 Å². The molecule has 5 rings (SSSR count). The van der Waals surface area contributed by atoms with Crippen LogP contribution >= 0.6 is 11.3 Å². The largest absolute Gasteiger partial charge is 0.504 e. The molecule has 204 valence electrons. The van der Waals surface area contributed by atoms with E-state index in [-0.39, 0.29) is 39.7 Å². The summed E-state index contributed by atoms with van der Waals surface area (Å²) in [6.07, 6.45) is 3.11. The molecule has 2 aromatic heterocycles. The van der Waals surface area contributed by atoms with Gasteiger partial charge in [-0.25, -0.2) is 23.1 Å². The Labute approximate surface area is 226 Å². The second-order valence-electron chi connectivity index (χ2n) is 9.06. The Morgan fingerprint density at radius 3 is 2.56 bits per heavy atom. The average Bonchev–Trinajstić information content (AvgIpc) is 3.65. The second kappa shape index (κ2) is 10.4. The molecule has 0 radical (unpaired) electrons. The van der Waals surface area contributed by atoms with Gasteiger partial charge in [0.2, 0.25) is 0 Å². The minimum atomic E-state index is -4.14. The van der Waals surface area contributed by atoms with Crippen LogP contribution in [0.5, 0.6) is 11.5 Å². The molecule has 2 heterocycles. The molecule has 0 aliphatic heterocycles. The van der Waals surface area contributed by atoms with Crippen molar-refractivity contribution in [3.63, 3.8) is 0 Å². The number of anilines is 2. The molecule has 0 bridgehead atoms. The van der Waals surface area contributed by atoms with Crippen molar-refractivity contribution in [3.05, 3.63) is 76.1 Å². The number of halogens is 3. The standard InChI is InChI=1S/C26H23F3N4O4S2/c1-13-7-18(30-11-16-8-17(27)10-21(37-2)23(16)34)12-31-25(13)39(35,36)33-26-32-22(24(38-26)14-3-4-14)15-5-6-19(28)20(29)9-15/h5-10,12,14,30,34H,3-4,11H2,1-2H3,(H,32,33). The van der Waals surface area contributed by atoms with Gasteiger partial charge in [0.15, 0.2) is 33.3 Å². The van der Waals surface area contributed by atoms with Crippen LogP contribution < -0.4 is 14.8 Å². The van der Waals surface area contributed by atoms with Crippen LogP contribution in [0.4, 0.5) is 24.0 Å². The third-order valence-corrected chi connectivity index (χ3v) is 8.78. The van der Waals surface area contributed by atoms with Gasteiger partial charge in [0.1, 0.15) is 5.82 Å². The number of phenolic OH excluding ortho intramolecular Hbond substituents is 1. The summed E-state index contributed by atoms with van der Waals surface area (Å²) < 4.78 is 74.9. The Kier molecular flexibility index (Phi) is 7.12. The lowest BCUT2D eigenvalue weighted by atomic mass is 10.1. The fourth-order valence-corrected chi connectivity index (χ4v) is 6.62. The maximum Gasteiger partial charge on any atom is 0.281 e. The molecule has 1 fully saturated rings. The highest BCUT2D eigenvalue weighted by molar-refractivity contribution is 7.92. The van der Waals surface area contributed by atoms with E-state index in [1.807, 2.05) is 0 Å². The number of aryl methyl sites for hydroxylation is 1. The number of aromatic hydroxyl groups is 1. The third kappa shape index (κ3) is 5.64. The number of rotatable bonds is 9. The van der Waals surface area contributed by atoms with Crippen molar-refractivity contribution < 1.29 is 31.4 Å². The number of benzene rings is 2. The van der Waals surface area contributed by atoms with Gasteiger partial charge in [0, 0.05) is 28.6 Å². The van der Waals surface area contributed by atoms with Crippen molar-refractivity contribution in [2.45, 2.75) is 37.3 Å². The van der Waals surface area contributed by atoms with Crippen LogP contribution in [0.3, 0.4) is 0 Å². The lowest BCUT2D eigenvalue weighted by molar-refractivity contribution is 0.367. The first-order valence-corrected chi connectivity index (χ1v) is 14.1. The molecule has 1 saturated carbocycles. The quantitative estimate of drug-likeness (QED) is 0.226. The van der Waals surface area contributed by atoms with Crippen LogP contribution in [-0.2, 0) is 16.6 Å². The van der Waals surface area contributed by atoms with E-state index in [4.69, 9.17) is 4.74 Å². The smallest absolute Gasteiger partial charge is 0.281 e. The van der Waals surface area contributed by atoms with Gasteiger partial charge >= 0.3 is 0 Å². The lowest BCUT2D eigenvalue weighted by Crippen LogP contribution is -2.16. The summed E-state index contributed by atoms with van der Waals surface area (Å²) in [7, 11) is -2.82. The van der Waals surface area contributed by atoms with Gasteiger partial charge in [0.25, 0.3) is 10.0 Å². The number of thiazole rings is 1. The van der Waals surface area contributed by atoms with Gasteiger partial charge < -0.3 is 15.2 Å². The number of pyridine rings is 1. The zero-order valence-electron chi connectivity index (χ0n) is 20.8. The molecule has 2 aromatic carbocycles. The third-order valence-electron chi connectivity index (χ3n) is 6.12. The Bertz CT molecular complexity index is 1670. The molecule has 1 aliphatic carbocycles. The van der Waals surface area contributed by atoms with Crippen LogP contribution in [0.2, 0.25) is 0 Å². The Balaban J connectivity index is 1.36. The molecule has 4 aromatic rings. The zero-order valence-corrected chi connectivity index (χ0v) is 22.4. The molecule has 8 nitrogen and oxygen atoms in total. The molecule has 39 heavy (non-hydrogen) atoms. The normalized spacial score (nSPS) is 13.4. The number of sulfonamides is 1. The fraction of sp³-hybridized carbons (Fsp3) is 0.231. The van der Waals surface area contributed by atoms with Crippen molar-refractivity contribution >= 4 is 32.2 Å². The summed E-state index contributed by atoms with van der Waals surface area (Å²) in [5.74, 6) is -2.60. The first kappa shape index (κ1) is 26.8. The Hall–Kier alpha value is -3.84. The van der Waals surface area contributed by atoms with E-state index in [9.17, 15) is 26.7 Å². The Morgan fingerprint density at radius 1 is 1.13 bits per heavy atom. The SMILES string of the molecule is COc1cc(F)cc(CNc2cnc(S(=O)(=O)Nc3nc(-c4ccc(F)c(F)c4)c(C4CC4)s3)c(C)c2)c1O. The van der Waals surface area contributed by atoms with Crippen LogP contribution in [0, 0.1) is 24.4 Å². The van der Waals surface area contributed by atoms with Crippen molar-refractivity contribution in [2.75, 3.05) is 17.1 Å². The topological polar surface area (TPSA) is 113 Å². The first-order valence-electron chi connectivity index (χ1n) is 11.8. The number of hydrogen-bond donors (Lipinski definition) is 3. The minimum Gasteiger partial charge on any atom is -0.504 e. The molecule has 0 spiro atoms. The first-order chi connectivity index (χ1) is 18.6. The maximum absolute atomic E-state index is 13.9. The molecule has 13 heteroatoms. The highest BCUT2D eigenvalue weighted by Crippen LogP contribution is 2.48. The number of methoxy groups -OCH3 is 1. The monoisotopic (exact) mass is 576 g/mol.